The number of benzene rings is 6. The Morgan fingerprint density at radius 3 is 1.23 bits per heavy atom. The topological polar surface area (TPSA) is 102 Å². The second-order valence-electron chi connectivity index (χ2n) is 13.9. The molecular formula is C49H40N4O4. The molecule has 57 heavy (non-hydrogen) atoms. The van der Waals surface area contributed by atoms with Crippen molar-refractivity contribution in [2.45, 2.75) is 20.3 Å². The molecule has 0 aliphatic heterocycles. The van der Waals surface area contributed by atoms with E-state index in [0.717, 1.165) is 78.1 Å². The van der Waals surface area contributed by atoms with Crippen molar-refractivity contribution in [2.75, 3.05) is 24.9 Å². The summed E-state index contributed by atoms with van der Waals surface area (Å²) in [6.07, 6.45) is 0.682. The van der Waals surface area contributed by atoms with Crippen LogP contribution < -0.4 is 20.1 Å². The van der Waals surface area contributed by atoms with Crippen LogP contribution in [0.3, 0.4) is 0 Å². The Kier molecular flexibility index (Phi) is 10.2. The first-order valence-electron chi connectivity index (χ1n) is 18.7. The Hall–Kier alpha value is -7.32. The highest BCUT2D eigenvalue weighted by Gasteiger charge is 2.21. The number of nitrogens with zero attached hydrogens (tertiary/aromatic N) is 2. The molecule has 8 aromatic rings. The van der Waals surface area contributed by atoms with E-state index in [4.69, 9.17) is 19.4 Å². The number of carbonyl (C=O) groups is 2. The highest BCUT2D eigenvalue weighted by Crippen LogP contribution is 2.33. The summed E-state index contributed by atoms with van der Waals surface area (Å²) in [6.45, 7) is 3.88. The van der Waals surface area contributed by atoms with E-state index in [1.165, 1.54) is 0 Å². The molecule has 2 aromatic heterocycles. The number of fused-ring (bicyclic) bond motifs is 2. The van der Waals surface area contributed by atoms with Crippen molar-refractivity contribution < 1.29 is 19.1 Å². The number of anilines is 2. The zero-order chi connectivity index (χ0) is 39.5. The molecule has 0 saturated heterocycles. The molecule has 2 amide bonds. The number of pyridine rings is 2. The van der Waals surface area contributed by atoms with E-state index in [9.17, 15) is 9.59 Å². The number of hydrogen-bond acceptors (Lipinski definition) is 6. The van der Waals surface area contributed by atoms with Gasteiger partial charge in [-0.05, 0) is 127 Å². The zero-order valence-electron chi connectivity index (χ0n) is 32.1. The molecule has 2 heterocycles. The van der Waals surface area contributed by atoms with Crippen molar-refractivity contribution >= 4 is 45.0 Å². The fraction of sp³-hybridized carbons (Fsp3) is 0.102. The summed E-state index contributed by atoms with van der Waals surface area (Å²) in [5, 5.41) is 7.82. The molecule has 0 aliphatic rings. The van der Waals surface area contributed by atoms with Gasteiger partial charge in [-0.25, -0.2) is 9.97 Å². The zero-order valence-corrected chi connectivity index (χ0v) is 32.1. The van der Waals surface area contributed by atoms with Gasteiger partial charge in [0.15, 0.2) is 0 Å². The fourth-order valence-corrected chi connectivity index (χ4v) is 7.29. The highest BCUT2D eigenvalue weighted by molar-refractivity contribution is 6.15. The minimum atomic E-state index is -0.196. The smallest absolute Gasteiger partial charge is 0.256 e. The molecule has 0 aliphatic carbocycles. The Morgan fingerprint density at radius 2 is 0.860 bits per heavy atom. The third-order valence-electron chi connectivity index (χ3n) is 10.3. The lowest BCUT2D eigenvalue weighted by Crippen LogP contribution is -2.15. The van der Waals surface area contributed by atoms with Crippen molar-refractivity contribution in [1.29, 1.82) is 0 Å². The summed E-state index contributed by atoms with van der Waals surface area (Å²) in [6, 6.07) is 46.6. The van der Waals surface area contributed by atoms with Crippen molar-refractivity contribution in [2.24, 2.45) is 0 Å². The van der Waals surface area contributed by atoms with Gasteiger partial charge in [-0.2, -0.15) is 0 Å². The average molecular weight is 749 g/mol. The summed E-state index contributed by atoms with van der Waals surface area (Å²) < 4.78 is 10.7. The Balaban J connectivity index is 0.966. The SMILES string of the molecule is COc1ccc(-c2nc3ccccc3c(C(=O)Nc3ccc(Cc4ccc(NC(=O)c5c(C)c(-c6ccc(OC)cc6)nc6ccccc56)cc4)cc3)c2C)cc1. The van der Waals surface area contributed by atoms with Crippen LogP contribution >= 0.6 is 0 Å². The fourth-order valence-electron chi connectivity index (χ4n) is 7.29. The van der Waals surface area contributed by atoms with Crippen LogP contribution in [0, 0.1) is 13.8 Å². The minimum absolute atomic E-state index is 0.196. The number of rotatable bonds is 10. The van der Waals surface area contributed by atoms with Crippen LogP contribution in [-0.4, -0.2) is 36.0 Å². The highest BCUT2D eigenvalue weighted by atomic mass is 16.5. The number of methoxy groups -OCH3 is 2. The van der Waals surface area contributed by atoms with E-state index in [2.05, 4.69) is 10.6 Å². The van der Waals surface area contributed by atoms with Crippen LogP contribution in [0.2, 0.25) is 0 Å². The first kappa shape index (κ1) is 36.6. The molecule has 0 spiro atoms. The minimum Gasteiger partial charge on any atom is -0.497 e. The number of nitrogens with one attached hydrogen (secondary N) is 2. The van der Waals surface area contributed by atoms with Crippen LogP contribution in [0.1, 0.15) is 43.0 Å². The van der Waals surface area contributed by atoms with Crippen LogP contribution in [0.4, 0.5) is 11.4 Å². The lowest BCUT2D eigenvalue weighted by atomic mass is 9.97. The molecule has 2 N–H and O–H groups in total. The molecule has 0 fully saturated rings. The molecule has 6 aromatic carbocycles. The molecule has 8 nitrogen and oxygen atoms in total. The second-order valence-corrected chi connectivity index (χ2v) is 13.9. The summed E-state index contributed by atoms with van der Waals surface area (Å²) >= 11 is 0. The number of ether oxygens (including phenoxy) is 2. The predicted molar refractivity (Wildman–Crippen MR) is 229 cm³/mol. The summed E-state index contributed by atoms with van der Waals surface area (Å²) in [7, 11) is 3.27. The molecule has 8 heteroatoms. The van der Waals surface area contributed by atoms with Gasteiger partial charge in [-0.3, -0.25) is 9.59 Å². The van der Waals surface area contributed by atoms with Crippen LogP contribution in [0.25, 0.3) is 44.3 Å². The first-order valence-corrected chi connectivity index (χ1v) is 18.7. The number of carbonyl (C=O) groups excluding carboxylic acids is 2. The third-order valence-corrected chi connectivity index (χ3v) is 10.3. The monoisotopic (exact) mass is 748 g/mol. The molecule has 0 unspecified atom stereocenters. The van der Waals surface area contributed by atoms with Gasteiger partial charge in [0.2, 0.25) is 0 Å². The molecule has 280 valence electrons. The van der Waals surface area contributed by atoms with Crippen LogP contribution in [-0.2, 0) is 6.42 Å². The number of amides is 2. The number of para-hydroxylation sites is 2. The van der Waals surface area contributed by atoms with E-state index in [0.29, 0.717) is 28.9 Å². The maximum absolute atomic E-state index is 13.9. The van der Waals surface area contributed by atoms with Crippen molar-refractivity contribution in [1.82, 2.24) is 9.97 Å². The first-order chi connectivity index (χ1) is 27.8. The van der Waals surface area contributed by atoms with Gasteiger partial charge in [-0.1, -0.05) is 60.7 Å². The van der Waals surface area contributed by atoms with Gasteiger partial charge in [0.1, 0.15) is 11.5 Å². The lowest BCUT2D eigenvalue weighted by Gasteiger charge is -2.15. The Morgan fingerprint density at radius 1 is 0.491 bits per heavy atom. The standard InChI is InChI=1S/C49H40N4O4/c1-30-44(40-9-5-7-11-42(40)52-46(30)34-17-25-38(56-3)26-18-34)48(54)50-36-21-13-32(14-22-36)29-33-15-23-37(24-16-33)51-49(55)45-31(2)47(35-19-27-39(57-4)28-20-35)53-43-12-8-6-10-41(43)45/h5-28H,29H2,1-4H3,(H,50,54)(H,51,55). The predicted octanol–water partition coefficient (Wildman–Crippen LogP) is 10.8. The van der Waals surface area contributed by atoms with Crippen molar-refractivity contribution in [3.8, 4) is 34.0 Å². The normalized spacial score (nSPS) is 11.0. The van der Waals surface area contributed by atoms with Gasteiger partial charge in [0.25, 0.3) is 11.8 Å². The van der Waals surface area contributed by atoms with E-state index in [1.54, 1.807) is 14.2 Å². The summed E-state index contributed by atoms with van der Waals surface area (Å²) in [4.78, 5) is 37.6. The van der Waals surface area contributed by atoms with Crippen LogP contribution in [0.5, 0.6) is 11.5 Å². The van der Waals surface area contributed by atoms with Crippen LogP contribution in [0.15, 0.2) is 146 Å². The second kappa shape index (κ2) is 15.8. The molecule has 0 saturated carbocycles. The van der Waals surface area contributed by atoms with E-state index >= 15 is 0 Å². The quantitative estimate of drug-likeness (QED) is 0.144. The Labute approximate surface area is 331 Å². The molecular weight excluding hydrogens is 709 g/mol. The van der Waals surface area contributed by atoms with Gasteiger partial charge < -0.3 is 20.1 Å². The van der Waals surface area contributed by atoms with Gasteiger partial charge in [0.05, 0.1) is 47.8 Å². The maximum atomic E-state index is 13.9. The molecule has 0 radical (unpaired) electrons. The Bertz CT molecular complexity index is 2570. The largest absolute Gasteiger partial charge is 0.497 e. The molecule has 0 bridgehead atoms. The van der Waals surface area contributed by atoms with E-state index in [-0.39, 0.29) is 11.8 Å². The number of hydrogen-bond donors (Lipinski definition) is 2. The molecule has 8 rings (SSSR count). The third kappa shape index (κ3) is 7.53. The van der Waals surface area contributed by atoms with Crippen molar-refractivity contribution in [3.63, 3.8) is 0 Å². The maximum Gasteiger partial charge on any atom is 0.256 e. The van der Waals surface area contributed by atoms with E-state index < -0.39 is 0 Å². The number of aromatic nitrogens is 2. The van der Waals surface area contributed by atoms with Gasteiger partial charge in [-0.15, -0.1) is 0 Å². The van der Waals surface area contributed by atoms with Gasteiger partial charge in [0, 0.05) is 33.3 Å². The lowest BCUT2D eigenvalue weighted by molar-refractivity contribution is 0.101. The van der Waals surface area contributed by atoms with E-state index in [1.807, 2.05) is 159 Å². The average Bonchev–Trinajstić information content (AvgIpc) is 3.24. The summed E-state index contributed by atoms with van der Waals surface area (Å²) in [5.74, 6) is 1.12. The van der Waals surface area contributed by atoms with Gasteiger partial charge >= 0.3 is 0 Å². The van der Waals surface area contributed by atoms with Crippen molar-refractivity contribution in [3.05, 3.63) is 179 Å². The molecule has 0 atom stereocenters. The summed E-state index contributed by atoms with van der Waals surface area (Å²) in [5.41, 5.74) is 11.2.